The van der Waals surface area contributed by atoms with E-state index in [0.29, 0.717) is 17.6 Å². The zero-order valence-electron chi connectivity index (χ0n) is 15.1. The molecule has 2 aliphatic heterocycles. The van der Waals surface area contributed by atoms with Crippen molar-refractivity contribution in [2.75, 3.05) is 0 Å². The largest absolute Gasteiger partial charge is 0.458 e. The van der Waals surface area contributed by atoms with Gasteiger partial charge in [0.2, 0.25) is 0 Å². The molecule has 0 amide bonds. The summed E-state index contributed by atoms with van der Waals surface area (Å²) in [7, 11) is 0. The quantitative estimate of drug-likeness (QED) is 0.327. The summed E-state index contributed by atoms with van der Waals surface area (Å²) in [5, 5.41) is 0. The molecule has 4 atom stereocenters. The molecular weight excluding hydrogens is 336 g/mol. The molecule has 2 heterocycles. The second-order valence-electron chi connectivity index (χ2n) is 6.89. The van der Waals surface area contributed by atoms with Crippen molar-refractivity contribution in [1.82, 2.24) is 0 Å². The van der Waals surface area contributed by atoms with Gasteiger partial charge in [-0.25, -0.2) is 14.4 Å². The first-order valence-corrected chi connectivity index (χ1v) is 8.62. The summed E-state index contributed by atoms with van der Waals surface area (Å²) in [6.45, 7) is 9.10. The van der Waals surface area contributed by atoms with Gasteiger partial charge in [-0.3, -0.25) is 0 Å². The summed E-state index contributed by atoms with van der Waals surface area (Å²) >= 11 is 0. The Bertz CT molecular complexity index is 769. The third-order valence-electron chi connectivity index (χ3n) is 4.98. The Hall–Kier alpha value is -2.63. The van der Waals surface area contributed by atoms with E-state index in [4.69, 9.17) is 14.2 Å². The maximum atomic E-state index is 12.3. The van der Waals surface area contributed by atoms with Gasteiger partial charge in [-0.2, -0.15) is 0 Å². The van der Waals surface area contributed by atoms with E-state index < -0.39 is 36.0 Å². The minimum absolute atomic E-state index is 0.155. The van der Waals surface area contributed by atoms with Crippen molar-refractivity contribution in [2.24, 2.45) is 5.92 Å². The van der Waals surface area contributed by atoms with Gasteiger partial charge in [-0.15, -0.1) is 0 Å². The third-order valence-corrected chi connectivity index (χ3v) is 4.98. The fraction of sp³-hybridized carbons (Fsp3) is 0.450. The van der Waals surface area contributed by atoms with Crippen molar-refractivity contribution in [3.63, 3.8) is 0 Å². The van der Waals surface area contributed by atoms with Crippen molar-refractivity contribution >= 4 is 17.9 Å². The highest BCUT2D eigenvalue weighted by molar-refractivity contribution is 5.93. The maximum absolute atomic E-state index is 12.3. The third kappa shape index (κ3) is 3.36. The lowest BCUT2D eigenvalue weighted by Gasteiger charge is -2.26. The molecule has 0 aromatic rings. The second kappa shape index (κ2) is 6.94. The first kappa shape index (κ1) is 18.2. The SMILES string of the molecule is C=C1C(=O)O[C@H]2C=C(C)C[C@@H]3C=C(CC(OC(=O)C(C)=CC)[C@@H]12)C(=O)O3. The minimum Gasteiger partial charge on any atom is -0.458 e. The molecule has 6 nitrogen and oxygen atoms in total. The molecule has 0 N–H and O–H groups in total. The van der Waals surface area contributed by atoms with E-state index >= 15 is 0 Å². The van der Waals surface area contributed by atoms with Gasteiger partial charge in [0.05, 0.1) is 5.92 Å². The first-order valence-electron chi connectivity index (χ1n) is 8.62. The summed E-state index contributed by atoms with van der Waals surface area (Å²) < 4.78 is 16.5. The predicted octanol–water partition coefficient (Wildman–Crippen LogP) is 2.55. The molecule has 0 saturated carbocycles. The molecule has 138 valence electrons. The van der Waals surface area contributed by atoms with Gasteiger partial charge in [-0.1, -0.05) is 18.2 Å². The van der Waals surface area contributed by atoms with Crippen LogP contribution in [0.4, 0.5) is 0 Å². The van der Waals surface area contributed by atoms with Crippen LogP contribution in [0.2, 0.25) is 0 Å². The molecule has 0 radical (unpaired) electrons. The standard InChI is InChI=1S/C20H22O6/c1-5-11(3)18(21)25-16-9-13-8-14(24-20(13)23)6-10(2)7-15-17(16)12(4)19(22)26-15/h5,7-8,14-17H,4,6,9H2,1-3H3/t14-,15+,16?,17+/m1/s1. The molecule has 0 aromatic carbocycles. The van der Waals surface area contributed by atoms with Crippen LogP contribution in [-0.4, -0.2) is 36.2 Å². The zero-order chi connectivity index (χ0) is 19.0. The molecule has 1 aliphatic carbocycles. The summed E-state index contributed by atoms with van der Waals surface area (Å²) in [5.41, 5.74) is 2.07. The van der Waals surface area contributed by atoms with Crippen LogP contribution >= 0.6 is 0 Å². The van der Waals surface area contributed by atoms with Crippen molar-refractivity contribution in [1.29, 1.82) is 0 Å². The van der Waals surface area contributed by atoms with E-state index in [1.807, 2.05) is 13.0 Å². The zero-order valence-corrected chi connectivity index (χ0v) is 15.1. The Kier molecular flexibility index (Phi) is 4.85. The van der Waals surface area contributed by atoms with Crippen LogP contribution < -0.4 is 0 Å². The smallest absolute Gasteiger partial charge is 0.334 e. The van der Waals surface area contributed by atoms with Crippen LogP contribution in [-0.2, 0) is 28.6 Å². The summed E-state index contributed by atoms with van der Waals surface area (Å²) in [6.07, 6.45) is 4.26. The highest BCUT2D eigenvalue weighted by Gasteiger charge is 2.46. The Morgan fingerprint density at radius 3 is 2.65 bits per heavy atom. The first-order chi connectivity index (χ1) is 12.3. The average Bonchev–Trinajstić information content (AvgIpc) is 3.04. The Morgan fingerprint density at radius 1 is 1.23 bits per heavy atom. The van der Waals surface area contributed by atoms with Gasteiger partial charge in [0, 0.05) is 29.6 Å². The lowest BCUT2D eigenvalue weighted by molar-refractivity contribution is -0.148. The summed E-state index contributed by atoms with van der Waals surface area (Å²) in [5.74, 6) is -1.96. The van der Waals surface area contributed by atoms with Gasteiger partial charge in [0.1, 0.15) is 18.3 Å². The molecule has 1 saturated heterocycles. The normalized spacial score (nSPS) is 31.5. The molecular formula is C20H22O6. The molecule has 0 spiro atoms. The molecule has 1 fully saturated rings. The number of carbonyl (C=O) groups excluding carboxylic acids is 3. The minimum atomic E-state index is -0.749. The predicted molar refractivity (Wildman–Crippen MR) is 92.8 cm³/mol. The number of hydrogen-bond donors (Lipinski definition) is 0. The molecule has 2 bridgehead atoms. The average molecular weight is 358 g/mol. The molecule has 1 unspecified atom stereocenters. The van der Waals surface area contributed by atoms with E-state index in [2.05, 4.69) is 6.58 Å². The maximum Gasteiger partial charge on any atom is 0.334 e. The molecule has 3 aliphatic rings. The number of allylic oxidation sites excluding steroid dienone is 1. The lowest BCUT2D eigenvalue weighted by atomic mass is 9.85. The lowest BCUT2D eigenvalue weighted by Crippen LogP contribution is -2.34. The van der Waals surface area contributed by atoms with Crippen LogP contribution in [0.25, 0.3) is 0 Å². The van der Waals surface area contributed by atoms with Crippen LogP contribution in [0.5, 0.6) is 0 Å². The number of rotatable bonds is 2. The van der Waals surface area contributed by atoms with E-state index in [1.54, 1.807) is 26.0 Å². The van der Waals surface area contributed by atoms with Gasteiger partial charge >= 0.3 is 17.9 Å². The Balaban J connectivity index is 2.00. The van der Waals surface area contributed by atoms with Gasteiger partial charge < -0.3 is 14.2 Å². The monoisotopic (exact) mass is 358 g/mol. The number of esters is 3. The fourth-order valence-corrected chi connectivity index (χ4v) is 3.44. The van der Waals surface area contributed by atoms with Crippen molar-refractivity contribution in [3.8, 4) is 0 Å². The molecule has 26 heavy (non-hydrogen) atoms. The van der Waals surface area contributed by atoms with Crippen molar-refractivity contribution in [2.45, 2.75) is 51.9 Å². The van der Waals surface area contributed by atoms with Crippen LogP contribution in [0.15, 0.2) is 47.1 Å². The number of carbonyl (C=O) groups is 3. The van der Waals surface area contributed by atoms with Crippen LogP contribution in [0.1, 0.15) is 33.6 Å². The molecule has 0 aromatic heterocycles. The molecule has 3 rings (SSSR count). The fourth-order valence-electron chi connectivity index (χ4n) is 3.44. The Labute approximate surface area is 152 Å². The van der Waals surface area contributed by atoms with Crippen LogP contribution in [0, 0.1) is 5.92 Å². The summed E-state index contributed by atoms with van der Waals surface area (Å²) in [4.78, 5) is 36.6. The molecule has 6 heteroatoms. The van der Waals surface area contributed by atoms with Gasteiger partial charge in [-0.05, 0) is 32.9 Å². The van der Waals surface area contributed by atoms with Crippen molar-refractivity contribution < 1.29 is 28.6 Å². The Morgan fingerprint density at radius 2 is 1.96 bits per heavy atom. The highest BCUT2D eigenvalue weighted by Crippen LogP contribution is 2.38. The van der Waals surface area contributed by atoms with Gasteiger partial charge in [0.15, 0.2) is 0 Å². The van der Waals surface area contributed by atoms with Crippen molar-refractivity contribution in [3.05, 3.63) is 47.1 Å². The van der Waals surface area contributed by atoms with E-state index in [1.165, 1.54) is 0 Å². The van der Waals surface area contributed by atoms with E-state index in [-0.39, 0.29) is 18.1 Å². The van der Waals surface area contributed by atoms with E-state index in [9.17, 15) is 14.4 Å². The topological polar surface area (TPSA) is 78.9 Å². The number of fused-ring (bicyclic) bond motifs is 2. The second-order valence-corrected chi connectivity index (χ2v) is 6.89. The van der Waals surface area contributed by atoms with Gasteiger partial charge in [0.25, 0.3) is 0 Å². The highest BCUT2D eigenvalue weighted by atomic mass is 16.6. The summed E-state index contributed by atoms with van der Waals surface area (Å²) in [6, 6.07) is 0. The number of hydrogen-bond acceptors (Lipinski definition) is 6. The van der Waals surface area contributed by atoms with E-state index in [0.717, 1.165) is 5.57 Å². The number of ether oxygens (including phenoxy) is 3. The van der Waals surface area contributed by atoms with Crippen LogP contribution in [0.3, 0.4) is 0 Å².